The van der Waals surface area contributed by atoms with Gasteiger partial charge in [0.1, 0.15) is 4.88 Å². The molecule has 0 bridgehead atoms. The molecule has 0 aliphatic carbocycles. The Hall–Kier alpha value is -2.45. The molecule has 0 saturated heterocycles. The zero-order valence-electron chi connectivity index (χ0n) is 15.2. The molecule has 0 unspecified atom stereocenters. The molecule has 0 aliphatic rings. The van der Waals surface area contributed by atoms with Crippen molar-refractivity contribution in [1.29, 1.82) is 0 Å². The number of rotatable bonds is 8. The largest absolute Gasteiger partial charge is 0.351 e. The van der Waals surface area contributed by atoms with Gasteiger partial charge in [-0.1, -0.05) is 25.2 Å². The lowest BCUT2D eigenvalue weighted by Gasteiger charge is -2.17. The molecule has 140 valence electrons. The van der Waals surface area contributed by atoms with E-state index in [0.717, 1.165) is 31.0 Å². The lowest BCUT2D eigenvalue weighted by molar-refractivity contribution is 0.0948. The van der Waals surface area contributed by atoms with Gasteiger partial charge in [-0.2, -0.15) is 0 Å². The molecule has 2 aromatic rings. The van der Waals surface area contributed by atoms with Gasteiger partial charge in [-0.05, 0) is 44.3 Å². The quantitative estimate of drug-likeness (QED) is 0.657. The zero-order valence-corrected chi connectivity index (χ0v) is 16.0. The monoisotopic (exact) mass is 376 g/mol. The number of aromatic nitrogens is 1. The fourth-order valence-electron chi connectivity index (χ4n) is 2.48. The van der Waals surface area contributed by atoms with Crippen molar-refractivity contribution in [2.24, 2.45) is 0 Å². The van der Waals surface area contributed by atoms with Crippen LogP contribution in [0.4, 0.5) is 5.69 Å². The molecule has 1 aromatic carbocycles. The van der Waals surface area contributed by atoms with Gasteiger partial charge < -0.3 is 20.5 Å². The van der Waals surface area contributed by atoms with Gasteiger partial charge in [0.2, 0.25) is 0 Å². The number of benzene rings is 1. The summed E-state index contributed by atoms with van der Waals surface area (Å²) in [6.07, 6.45) is 0. The van der Waals surface area contributed by atoms with Gasteiger partial charge in [-0.25, -0.2) is 0 Å². The van der Waals surface area contributed by atoms with E-state index in [1.165, 1.54) is 0 Å². The molecule has 7 nitrogen and oxygen atoms in total. The summed E-state index contributed by atoms with van der Waals surface area (Å²) in [6, 6.07) is 6.66. The summed E-state index contributed by atoms with van der Waals surface area (Å²) >= 11 is 0.873. The smallest absolute Gasteiger partial charge is 0.305 e. The third-order valence-corrected chi connectivity index (χ3v) is 5.03. The molecule has 1 heterocycles. The first-order chi connectivity index (χ1) is 12.4. The number of aryl methyl sites for hydroxylation is 1. The second-order valence-electron chi connectivity index (χ2n) is 5.78. The lowest BCUT2D eigenvalue weighted by Crippen LogP contribution is -2.34. The first kappa shape index (κ1) is 19.9. The number of amides is 2. The number of aromatic amines is 1. The van der Waals surface area contributed by atoms with Gasteiger partial charge in [0.05, 0.1) is 0 Å². The van der Waals surface area contributed by atoms with Gasteiger partial charge in [0.15, 0.2) is 0 Å². The number of anilines is 1. The van der Waals surface area contributed by atoms with Crippen molar-refractivity contribution in [2.75, 3.05) is 31.5 Å². The first-order valence-electron chi connectivity index (χ1n) is 8.56. The Kier molecular flexibility index (Phi) is 7.11. The minimum atomic E-state index is -0.345. The molecular weight excluding hydrogens is 352 g/mol. The molecule has 3 N–H and O–H groups in total. The molecule has 0 atom stereocenters. The van der Waals surface area contributed by atoms with Gasteiger partial charge >= 0.3 is 4.87 Å². The van der Waals surface area contributed by atoms with Gasteiger partial charge in [0, 0.05) is 30.0 Å². The summed E-state index contributed by atoms with van der Waals surface area (Å²) in [7, 11) is 0. The minimum Gasteiger partial charge on any atom is -0.351 e. The Morgan fingerprint density at radius 1 is 1.12 bits per heavy atom. The number of nitrogens with one attached hydrogen (secondary N) is 3. The van der Waals surface area contributed by atoms with Crippen LogP contribution in [0.1, 0.15) is 39.6 Å². The summed E-state index contributed by atoms with van der Waals surface area (Å²) in [5.41, 5.74) is 1.64. The zero-order chi connectivity index (χ0) is 19.1. The van der Waals surface area contributed by atoms with Crippen LogP contribution in [-0.2, 0) is 0 Å². The number of H-pyrrole nitrogens is 1. The SMILES string of the molecule is CCN(CC)CCNC(=O)c1ccc(NC(=O)c2sc(=O)[nH]c2C)cc1. The standard InChI is InChI=1S/C18H24N4O3S/c1-4-22(5-2)11-10-19-16(23)13-6-8-14(9-7-13)21-17(24)15-12(3)20-18(25)26-15/h6-9H,4-5,10-11H2,1-3H3,(H,19,23)(H,20,25)(H,21,24). The molecule has 8 heteroatoms. The fourth-order valence-corrected chi connectivity index (χ4v) is 3.22. The third-order valence-electron chi connectivity index (χ3n) is 4.04. The second-order valence-corrected chi connectivity index (χ2v) is 6.77. The highest BCUT2D eigenvalue weighted by Gasteiger charge is 2.14. The van der Waals surface area contributed by atoms with Crippen LogP contribution in [0.3, 0.4) is 0 Å². The summed E-state index contributed by atoms with van der Waals surface area (Å²) in [4.78, 5) is 40.5. The van der Waals surface area contributed by atoms with E-state index >= 15 is 0 Å². The third kappa shape index (κ3) is 5.27. The Labute approximate surface area is 156 Å². The topological polar surface area (TPSA) is 94.3 Å². The maximum absolute atomic E-state index is 12.2. The van der Waals surface area contributed by atoms with Gasteiger partial charge in [-0.3, -0.25) is 14.4 Å². The normalized spacial score (nSPS) is 10.8. The lowest BCUT2D eigenvalue weighted by atomic mass is 10.2. The van der Waals surface area contributed by atoms with Crippen LogP contribution in [0.2, 0.25) is 0 Å². The average molecular weight is 376 g/mol. The van der Waals surface area contributed by atoms with E-state index in [4.69, 9.17) is 0 Å². The predicted molar refractivity (Wildman–Crippen MR) is 104 cm³/mol. The van der Waals surface area contributed by atoms with Crippen LogP contribution in [0, 0.1) is 6.92 Å². The fraction of sp³-hybridized carbons (Fsp3) is 0.389. The molecule has 0 fully saturated rings. The van der Waals surface area contributed by atoms with Crippen molar-refractivity contribution in [1.82, 2.24) is 15.2 Å². The van der Waals surface area contributed by atoms with E-state index in [1.807, 2.05) is 0 Å². The highest BCUT2D eigenvalue weighted by molar-refractivity contribution is 7.11. The van der Waals surface area contributed by atoms with Crippen LogP contribution in [-0.4, -0.2) is 47.9 Å². The van der Waals surface area contributed by atoms with E-state index < -0.39 is 0 Å². The van der Waals surface area contributed by atoms with Crippen molar-refractivity contribution in [3.63, 3.8) is 0 Å². The van der Waals surface area contributed by atoms with Crippen molar-refractivity contribution in [2.45, 2.75) is 20.8 Å². The van der Waals surface area contributed by atoms with Crippen LogP contribution < -0.4 is 15.5 Å². The van der Waals surface area contributed by atoms with Crippen LogP contribution in [0.5, 0.6) is 0 Å². The predicted octanol–water partition coefficient (Wildman–Crippen LogP) is 2.07. The highest BCUT2D eigenvalue weighted by atomic mass is 32.1. The second kappa shape index (κ2) is 9.30. The van der Waals surface area contributed by atoms with Crippen molar-refractivity contribution in [3.8, 4) is 0 Å². The van der Waals surface area contributed by atoms with Crippen LogP contribution in [0.25, 0.3) is 0 Å². The Balaban J connectivity index is 1.91. The van der Waals surface area contributed by atoms with Crippen molar-refractivity contribution < 1.29 is 9.59 Å². The summed E-state index contributed by atoms with van der Waals surface area (Å²) < 4.78 is 0. The number of hydrogen-bond acceptors (Lipinski definition) is 5. The summed E-state index contributed by atoms with van der Waals surface area (Å²) in [5, 5.41) is 5.62. The molecular formula is C18H24N4O3S. The number of thiazole rings is 1. The molecule has 2 amide bonds. The van der Waals surface area contributed by atoms with E-state index in [-0.39, 0.29) is 16.7 Å². The minimum absolute atomic E-state index is 0.144. The van der Waals surface area contributed by atoms with E-state index in [9.17, 15) is 14.4 Å². The van der Waals surface area contributed by atoms with E-state index in [2.05, 4.69) is 34.4 Å². The maximum atomic E-state index is 12.2. The molecule has 0 radical (unpaired) electrons. The molecule has 0 saturated carbocycles. The number of nitrogens with zero attached hydrogens (tertiary/aromatic N) is 1. The summed E-state index contributed by atoms with van der Waals surface area (Å²) in [6.45, 7) is 9.17. The molecule has 26 heavy (non-hydrogen) atoms. The Bertz CT molecular complexity index is 807. The Morgan fingerprint density at radius 3 is 2.31 bits per heavy atom. The Morgan fingerprint density at radius 2 is 1.77 bits per heavy atom. The van der Waals surface area contributed by atoms with E-state index in [1.54, 1.807) is 31.2 Å². The maximum Gasteiger partial charge on any atom is 0.305 e. The average Bonchev–Trinajstić information content (AvgIpc) is 2.97. The summed E-state index contributed by atoms with van der Waals surface area (Å²) in [5.74, 6) is -0.489. The van der Waals surface area contributed by atoms with Crippen LogP contribution >= 0.6 is 11.3 Å². The molecule has 0 spiro atoms. The van der Waals surface area contributed by atoms with E-state index in [0.29, 0.717) is 28.4 Å². The molecule has 0 aliphatic heterocycles. The van der Waals surface area contributed by atoms with Crippen molar-refractivity contribution >= 4 is 28.8 Å². The number of carbonyl (C=O) groups excluding carboxylic acids is 2. The number of likely N-dealkylation sites (N-methyl/N-ethyl adjacent to an activating group) is 1. The van der Waals surface area contributed by atoms with Gasteiger partial charge in [0.25, 0.3) is 11.8 Å². The van der Waals surface area contributed by atoms with Crippen LogP contribution in [0.15, 0.2) is 29.1 Å². The number of hydrogen-bond donors (Lipinski definition) is 3. The first-order valence-corrected chi connectivity index (χ1v) is 9.37. The van der Waals surface area contributed by atoms with Crippen molar-refractivity contribution in [3.05, 3.63) is 50.1 Å². The number of carbonyl (C=O) groups is 2. The van der Waals surface area contributed by atoms with Gasteiger partial charge in [-0.15, -0.1) is 0 Å². The molecule has 2 rings (SSSR count). The highest BCUT2D eigenvalue weighted by Crippen LogP contribution is 2.14. The molecule has 1 aromatic heterocycles.